The van der Waals surface area contributed by atoms with E-state index in [4.69, 9.17) is 10.1 Å². The zero-order valence-electron chi connectivity index (χ0n) is 7.16. The molecule has 0 spiro atoms. The fraction of sp³-hybridized carbons (Fsp3) is 0.200. The fourth-order valence-corrected chi connectivity index (χ4v) is 0.897. The molecule has 0 amide bonds. The molecule has 1 aromatic rings. The topological polar surface area (TPSA) is 31.5 Å². The smallest absolute Gasteiger partial charge is 0.0996 e. The standard InChI is InChI=1S/C10H10NO/c1-8(12-2)10-5-3-9(7-11)4-6-10/h3-6H,1-2H3. The highest BCUT2D eigenvalue weighted by molar-refractivity contribution is 5.49. The monoisotopic (exact) mass is 160 g/mol. The number of nitrogens with zero attached hydrogens (tertiary/aromatic N) is 1. The lowest BCUT2D eigenvalue weighted by Gasteiger charge is -1.96. The van der Waals surface area contributed by atoms with Gasteiger partial charge >= 0.3 is 0 Å². The van der Waals surface area contributed by atoms with Gasteiger partial charge in [-0.25, -0.2) is 0 Å². The molecule has 0 bridgehead atoms. The Balaban J connectivity index is 3.35. The van der Waals surface area contributed by atoms with Crippen LogP contribution in [-0.2, 0) is 4.74 Å². The zero-order valence-corrected chi connectivity index (χ0v) is 7.16. The van der Waals surface area contributed by atoms with E-state index in [1.807, 2.05) is 19.1 Å². The quantitative estimate of drug-likeness (QED) is 0.514. The third kappa shape index (κ3) is 1.74. The molecule has 0 N–H and O–H groups in total. The molecular weight excluding hydrogens is 150 g/mol. The summed E-state index contributed by atoms with van der Waals surface area (Å²) in [7, 11) is 1.63. The largest absolute Gasteiger partial charge is 0.501 e. The van der Waals surface area contributed by atoms with Crippen LogP contribution in [0.25, 0.3) is 5.76 Å². The molecule has 0 aliphatic rings. The Morgan fingerprint density at radius 1 is 1.33 bits per heavy atom. The van der Waals surface area contributed by atoms with E-state index < -0.39 is 0 Å². The van der Waals surface area contributed by atoms with Gasteiger partial charge in [0.05, 0.1) is 12.9 Å². The normalized spacial score (nSPS) is 8.83. The first-order chi connectivity index (χ1) is 5.77. The minimum absolute atomic E-state index is 0.669. The third-order valence-corrected chi connectivity index (χ3v) is 1.73. The highest BCUT2D eigenvalue weighted by Gasteiger charge is 1.86. The van der Waals surface area contributed by atoms with Gasteiger partial charge in [-0.1, -0.05) is 17.5 Å². The van der Waals surface area contributed by atoms with Crippen molar-refractivity contribution < 1.29 is 4.74 Å². The van der Waals surface area contributed by atoms with Crippen LogP contribution in [-0.4, -0.2) is 13.0 Å². The summed E-state index contributed by atoms with van der Waals surface area (Å²) in [6.07, 6.45) is 0. The summed E-state index contributed by atoms with van der Waals surface area (Å²) in [6.45, 7) is 1.89. The summed E-state index contributed by atoms with van der Waals surface area (Å²) < 4.78 is 5.04. The van der Waals surface area contributed by atoms with Crippen molar-refractivity contribution in [1.29, 1.82) is 0 Å². The van der Waals surface area contributed by atoms with E-state index in [0.29, 0.717) is 5.22 Å². The van der Waals surface area contributed by atoms with Gasteiger partial charge in [-0.2, -0.15) is 0 Å². The predicted octanol–water partition coefficient (Wildman–Crippen LogP) is -0.397. The molecule has 0 unspecified atom stereocenters. The van der Waals surface area contributed by atoms with Crippen molar-refractivity contribution in [3.05, 3.63) is 34.7 Å². The average Bonchev–Trinajstić information content (AvgIpc) is 2.17. The van der Waals surface area contributed by atoms with Crippen LogP contribution in [0.4, 0.5) is 0 Å². The third-order valence-electron chi connectivity index (χ3n) is 1.73. The first kappa shape index (κ1) is 8.57. The molecule has 2 nitrogen and oxygen atoms in total. The maximum absolute atomic E-state index is 8.54. The Hall–Kier alpha value is -1.53. The summed E-state index contributed by atoms with van der Waals surface area (Å²) in [4.78, 5) is 0. The van der Waals surface area contributed by atoms with E-state index in [2.05, 4.69) is 5.87 Å². The van der Waals surface area contributed by atoms with Crippen molar-refractivity contribution in [2.24, 2.45) is 0 Å². The van der Waals surface area contributed by atoms with Crippen molar-refractivity contribution in [3.63, 3.8) is 0 Å². The molecule has 0 aliphatic carbocycles. The highest BCUT2D eigenvalue weighted by Crippen LogP contribution is 1.87. The maximum atomic E-state index is 8.54. The number of hydrogen-bond donors (Lipinski definition) is 0. The van der Waals surface area contributed by atoms with Gasteiger partial charge in [-0.3, -0.25) is 0 Å². The van der Waals surface area contributed by atoms with Crippen LogP contribution in [0, 0.1) is 0 Å². The second kappa shape index (κ2) is 3.74. The molecule has 0 aromatic heterocycles. The molecule has 2 heteroatoms. The van der Waals surface area contributed by atoms with E-state index in [1.165, 1.54) is 0 Å². The van der Waals surface area contributed by atoms with Crippen LogP contribution in [0.1, 0.15) is 6.92 Å². The summed E-state index contributed by atoms with van der Waals surface area (Å²) in [5, 5.41) is 10.2. The molecule has 0 heterocycles. The van der Waals surface area contributed by atoms with E-state index in [-0.39, 0.29) is 0 Å². The molecule has 1 aromatic carbocycles. The van der Waals surface area contributed by atoms with Crippen molar-refractivity contribution >= 4 is 11.6 Å². The second-order valence-electron chi connectivity index (χ2n) is 2.45. The Kier molecular flexibility index (Phi) is 2.67. The maximum Gasteiger partial charge on any atom is 0.0996 e. The number of methoxy groups -OCH3 is 1. The zero-order chi connectivity index (χ0) is 8.97. The van der Waals surface area contributed by atoms with E-state index in [9.17, 15) is 0 Å². The number of ether oxygens (including phenoxy) is 1. The fourth-order valence-electron chi connectivity index (χ4n) is 0.897. The Morgan fingerprint density at radius 2 is 1.92 bits per heavy atom. The number of rotatable bonds is 1. The summed E-state index contributed by atoms with van der Waals surface area (Å²) in [5.41, 5.74) is 0. The van der Waals surface area contributed by atoms with E-state index >= 15 is 0 Å². The molecule has 0 aliphatic heterocycles. The van der Waals surface area contributed by atoms with Crippen LogP contribution < -0.4 is 15.8 Å². The van der Waals surface area contributed by atoms with Gasteiger partial charge in [-0.05, 0) is 19.1 Å². The molecule has 0 fully saturated rings. The summed E-state index contributed by atoms with van der Waals surface area (Å²) >= 11 is 0. The molecule has 12 heavy (non-hydrogen) atoms. The van der Waals surface area contributed by atoms with E-state index in [1.54, 1.807) is 19.2 Å². The lowest BCUT2D eigenvalue weighted by molar-refractivity contribution is 0.361. The van der Waals surface area contributed by atoms with Crippen molar-refractivity contribution in [3.8, 4) is 0 Å². The summed E-state index contributed by atoms with van der Waals surface area (Å²) in [5.74, 6) is 2.92. The van der Waals surface area contributed by atoms with Gasteiger partial charge in [0.25, 0.3) is 0 Å². The van der Waals surface area contributed by atoms with Gasteiger partial charge in [0, 0.05) is 16.3 Å². The molecular formula is C10H10NO. The van der Waals surface area contributed by atoms with Crippen LogP contribution in [0.15, 0.2) is 24.3 Å². The van der Waals surface area contributed by atoms with Crippen LogP contribution in [0.5, 0.6) is 0 Å². The lowest BCUT2D eigenvalue weighted by atomic mass is 10.2. The van der Waals surface area contributed by atoms with E-state index in [0.717, 1.165) is 11.0 Å². The van der Waals surface area contributed by atoms with Gasteiger partial charge in [0.15, 0.2) is 0 Å². The molecule has 0 saturated heterocycles. The van der Waals surface area contributed by atoms with Crippen molar-refractivity contribution in [2.45, 2.75) is 6.92 Å². The molecule has 0 atom stereocenters. The van der Waals surface area contributed by atoms with Gasteiger partial charge < -0.3 is 4.74 Å². The minimum Gasteiger partial charge on any atom is -0.501 e. The van der Waals surface area contributed by atoms with Crippen LogP contribution in [0.2, 0.25) is 0 Å². The molecule has 0 saturated carbocycles. The second-order valence-corrected chi connectivity index (χ2v) is 2.45. The van der Waals surface area contributed by atoms with Crippen molar-refractivity contribution in [1.82, 2.24) is 5.41 Å². The number of hydrogen-bond acceptors (Lipinski definition) is 1. The Bertz CT molecular complexity index is 379. The summed E-state index contributed by atoms with van der Waals surface area (Å²) in [6, 6.07) is 7.30. The Morgan fingerprint density at radius 3 is 2.33 bits per heavy atom. The first-order valence-corrected chi connectivity index (χ1v) is 3.66. The Labute approximate surface area is 71.3 Å². The van der Waals surface area contributed by atoms with Gasteiger partial charge in [0.2, 0.25) is 0 Å². The van der Waals surface area contributed by atoms with Crippen LogP contribution in [0.3, 0.4) is 0 Å². The van der Waals surface area contributed by atoms with Gasteiger partial charge in [-0.15, -0.1) is 0 Å². The SMILES string of the molecule is COC(C)=c1ccc(=C=[N])cc1. The molecule has 1 rings (SSSR count). The minimum atomic E-state index is 0.669. The molecule has 61 valence electrons. The average molecular weight is 160 g/mol. The first-order valence-electron chi connectivity index (χ1n) is 3.66. The lowest BCUT2D eigenvalue weighted by Crippen LogP contribution is -2.10. The van der Waals surface area contributed by atoms with Gasteiger partial charge in [0.1, 0.15) is 0 Å². The predicted molar refractivity (Wildman–Crippen MR) is 48.0 cm³/mol. The highest BCUT2D eigenvalue weighted by atomic mass is 16.5. The van der Waals surface area contributed by atoms with Crippen molar-refractivity contribution in [2.75, 3.05) is 7.11 Å². The van der Waals surface area contributed by atoms with Crippen LogP contribution >= 0.6 is 0 Å². The number of benzene rings is 1. The molecule has 1 radical (unpaired) electrons.